The van der Waals surface area contributed by atoms with Gasteiger partial charge in [-0.05, 0) is 19.3 Å². The molecule has 1 aromatic rings. The van der Waals surface area contributed by atoms with Gasteiger partial charge in [0.05, 0.1) is 38.5 Å². The Labute approximate surface area is 122 Å². The highest BCUT2D eigenvalue weighted by Gasteiger charge is 2.25. The number of aromatic nitrogens is 2. The Bertz CT molecular complexity index is 514. The predicted molar refractivity (Wildman–Crippen MR) is 75.2 cm³/mol. The zero-order valence-corrected chi connectivity index (χ0v) is 11.8. The lowest BCUT2D eigenvalue weighted by Crippen LogP contribution is -2.41. The number of carbonyl (C=O) groups is 2. The van der Waals surface area contributed by atoms with Crippen LogP contribution in [0.4, 0.5) is 0 Å². The van der Waals surface area contributed by atoms with Gasteiger partial charge in [-0.15, -0.1) is 0 Å². The van der Waals surface area contributed by atoms with Crippen LogP contribution in [0.1, 0.15) is 30.1 Å². The van der Waals surface area contributed by atoms with Crippen molar-refractivity contribution < 1.29 is 14.7 Å². The fourth-order valence-corrected chi connectivity index (χ4v) is 2.55. The second-order valence-electron chi connectivity index (χ2n) is 4.99. The molecule has 1 aliphatic carbocycles. The van der Waals surface area contributed by atoms with E-state index in [9.17, 15) is 9.59 Å². The summed E-state index contributed by atoms with van der Waals surface area (Å²) in [5.74, 6) is -0.602. The summed E-state index contributed by atoms with van der Waals surface area (Å²) in [5.41, 5.74) is 7.22. The molecule has 0 fully saturated rings. The molecule has 8 nitrogen and oxygen atoms in total. The van der Waals surface area contributed by atoms with Crippen LogP contribution in [0.5, 0.6) is 0 Å². The van der Waals surface area contributed by atoms with Gasteiger partial charge in [-0.25, -0.2) is 0 Å². The summed E-state index contributed by atoms with van der Waals surface area (Å²) in [4.78, 5) is 22.9. The molecular formula is C13H21N5O3. The fourth-order valence-electron chi connectivity index (χ4n) is 2.55. The number of nitrogens with one attached hydrogen (secondary N) is 2. The number of fused-ring (bicyclic) bond motifs is 1. The third kappa shape index (κ3) is 3.79. The molecule has 0 aliphatic heterocycles. The van der Waals surface area contributed by atoms with Gasteiger partial charge in [-0.3, -0.25) is 14.3 Å². The Hall–Kier alpha value is -1.93. The van der Waals surface area contributed by atoms with Gasteiger partial charge < -0.3 is 21.5 Å². The largest absolute Gasteiger partial charge is 0.394 e. The Morgan fingerprint density at radius 1 is 1.48 bits per heavy atom. The molecule has 1 unspecified atom stereocenters. The topological polar surface area (TPSA) is 122 Å². The van der Waals surface area contributed by atoms with E-state index >= 15 is 0 Å². The van der Waals surface area contributed by atoms with Crippen molar-refractivity contribution in [3.63, 3.8) is 0 Å². The number of nitrogens with two attached hydrogens (primary N) is 1. The summed E-state index contributed by atoms with van der Waals surface area (Å²) in [6.07, 6.45) is 4.43. The van der Waals surface area contributed by atoms with E-state index in [1.54, 1.807) is 10.9 Å². The number of aliphatic hydroxyl groups excluding tert-OH is 1. The lowest BCUT2D eigenvalue weighted by molar-refractivity contribution is -0.125. The minimum atomic E-state index is -0.356. The summed E-state index contributed by atoms with van der Waals surface area (Å²) >= 11 is 0. The van der Waals surface area contributed by atoms with Crippen molar-refractivity contribution in [2.75, 3.05) is 19.7 Å². The van der Waals surface area contributed by atoms with E-state index in [-0.39, 0.29) is 37.6 Å². The molecule has 0 bridgehead atoms. The smallest absolute Gasteiger partial charge is 0.239 e. The summed E-state index contributed by atoms with van der Waals surface area (Å²) in [5, 5.41) is 18.6. The second-order valence-corrected chi connectivity index (χ2v) is 4.99. The molecule has 0 aromatic carbocycles. The van der Waals surface area contributed by atoms with Crippen LogP contribution in [0.3, 0.4) is 0 Å². The first-order valence-electron chi connectivity index (χ1n) is 7.07. The first-order chi connectivity index (χ1) is 10.2. The first kappa shape index (κ1) is 15.5. The van der Waals surface area contributed by atoms with Crippen LogP contribution in [0.2, 0.25) is 0 Å². The van der Waals surface area contributed by atoms with Crippen LogP contribution < -0.4 is 16.4 Å². The van der Waals surface area contributed by atoms with Crippen molar-refractivity contribution in [2.45, 2.75) is 31.8 Å². The van der Waals surface area contributed by atoms with Crippen molar-refractivity contribution in [3.05, 3.63) is 17.5 Å². The third-order valence-corrected chi connectivity index (χ3v) is 3.54. The van der Waals surface area contributed by atoms with Crippen LogP contribution in [0, 0.1) is 0 Å². The van der Waals surface area contributed by atoms with Crippen molar-refractivity contribution in [3.8, 4) is 0 Å². The Kier molecular flexibility index (Phi) is 5.29. The highest BCUT2D eigenvalue weighted by atomic mass is 16.3. The van der Waals surface area contributed by atoms with Gasteiger partial charge in [0.15, 0.2) is 0 Å². The summed E-state index contributed by atoms with van der Waals surface area (Å²) < 4.78 is 1.78. The zero-order valence-electron chi connectivity index (χ0n) is 11.8. The minimum Gasteiger partial charge on any atom is -0.394 e. The van der Waals surface area contributed by atoms with E-state index in [0.717, 1.165) is 30.5 Å². The highest BCUT2D eigenvalue weighted by Crippen LogP contribution is 2.29. The van der Waals surface area contributed by atoms with E-state index in [2.05, 4.69) is 15.7 Å². The van der Waals surface area contributed by atoms with Crippen molar-refractivity contribution in [1.29, 1.82) is 0 Å². The lowest BCUT2D eigenvalue weighted by atomic mass is 9.93. The molecule has 8 heteroatoms. The van der Waals surface area contributed by atoms with Gasteiger partial charge in [0.25, 0.3) is 0 Å². The molecule has 0 radical (unpaired) electrons. The quantitative estimate of drug-likeness (QED) is 0.506. The fraction of sp³-hybridized carbons (Fsp3) is 0.615. The molecule has 1 heterocycles. The third-order valence-electron chi connectivity index (χ3n) is 3.54. The van der Waals surface area contributed by atoms with Crippen LogP contribution in [0.25, 0.3) is 0 Å². The SMILES string of the molecule is NCC(=O)NCC(=O)NC1CCCc2c1cnn2CCO. The molecule has 2 amide bonds. The van der Waals surface area contributed by atoms with Gasteiger partial charge in [0.1, 0.15) is 0 Å². The predicted octanol–water partition coefficient (Wildman–Crippen LogP) is -1.56. The molecule has 1 atom stereocenters. The summed E-state index contributed by atoms with van der Waals surface area (Å²) in [7, 11) is 0. The zero-order chi connectivity index (χ0) is 15.2. The van der Waals surface area contributed by atoms with Crippen molar-refractivity contribution in [2.24, 2.45) is 5.73 Å². The van der Waals surface area contributed by atoms with Gasteiger partial charge in [-0.2, -0.15) is 5.10 Å². The number of nitrogens with zero attached hydrogens (tertiary/aromatic N) is 2. The van der Waals surface area contributed by atoms with Crippen molar-refractivity contribution in [1.82, 2.24) is 20.4 Å². The second kappa shape index (κ2) is 7.19. The van der Waals surface area contributed by atoms with E-state index < -0.39 is 0 Å². The standard InChI is InChI=1S/C13H21N5O3/c14-6-12(20)15-8-13(21)17-10-2-1-3-11-9(10)7-16-18(11)4-5-19/h7,10,19H,1-6,8,14H2,(H,15,20)(H,17,21). The number of hydrogen-bond donors (Lipinski definition) is 4. The molecule has 1 aliphatic rings. The highest BCUT2D eigenvalue weighted by molar-refractivity contribution is 5.85. The van der Waals surface area contributed by atoms with Crippen LogP contribution in [-0.4, -0.2) is 46.4 Å². The van der Waals surface area contributed by atoms with Crippen LogP contribution >= 0.6 is 0 Å². The Balaban J connectivity index is 1.97. The average molecular weight is 295 g/mol. The maximum Gasteiger partial charge on any atom is 0.239 e. The monoisotopic (exact) mass is 295 g/mol. The molecular weight excluding hydrogens is 274 g/mol. The van der Waals surface area contributed by atoms with Crippen molar-refractivity contribution >= 4 is 11.8 Å². The molecule has 0 saturated carbocycles. The maximum absolute atomic E-state index is 11.8. The summed E-state index contributed by atoms with van der Waals surface area (Å²) in [6, 6.07) is -0.0940. The van der Waals surface area contributed by atoms with Gasteiger partial charge >= 0.3 is 0 Å². The van der Waals surface area contributed by atoms with Crippen LogP contribution in [0.15, 0.2) is 6.20 Å². The molecule has 0 saturated heterocycles. The molecule has 116 valence electrons. The van der Waals surface area contributed by atoms with E-state index in [4.69, 9.17) is 10.8 Å². The van der Waals surface area contributed by atoms with Crippen LogP contribution in [-0.2, 0) is 22.6 Å². The first-order valence-corrected chi connectivity index (χ1v) is 7.07. The number of rotatable bonds is 6. The van der Waals surface area contributed by atoms with E-state index in [0.29, 0.717) is 6.54 Å². The Morgan fingerprint density at radius 2 is 2.29 bits per heavy atom. The molecule has 5 N–H and O–H groups in total. The minimum absolute atomic E-state index is 0.0380. The normalized spacial score (nSPS) is 17.1. The summed E-state index contributed by atoms with van der Waals surface area (Å²) in [6.45, 7) is 0.292. The average Bonchev–Trinajstić information content (AvgIpc) is 2.89. The number of carbonyl (C=O) groups excluding carboxylic acids is 2. The molecule has 0 spiro atoms. The van der Waals surface area contributed by atoms with Gasteiger partial charge in [0, 0.05) is 11.3 Å². The molecule has 21 heavy (non-hydrogen) atoms. The van der Waals surface area contributed by atoms with E-state index in [1.165, 1.54) is 0 Å². The van der Waals surface area contributed by atoms with Gasteiger partial charge in [0.2, 0.25) is 11.8 Å². The number of amides is 2. The lowest BCUT2D eigenvalue weighted by Gasteiger charge is -2.24. The van der Waals surface area contributed by atoms with E-state index in [1.807, 2.05) is 0 Å². The number of hydrogen-bond acceptors (Lipinski definition) is 5. The molecule has 2 rings (SSSR count). The van der Waals surface area contributed by atoms with Gasteiger partial charge in [-0.1, -0.05) is 0 Å². The maximum atomic E-state index is 11.8. The molecule has 1 aromatic heterocycles. The number of aliphatic hydroxyl groups is 1. The Morgan fingerprint density at radius 3 is 3.00 bits per heavy atom.